The first-order valence-corrected chi connectivity index (χ1v) is 10.1. The number of aryl methyl sites for hydroxylation is 1. The molecule has 4 rings (SSSR count). The van der Waals surface area contributed by atoms with Crippen molar-refractivity contribution in [3.05, 3.63) is 53.6 Å². The van der Waals surface area contributed by atoms with E-state index >= 15 is 0 Å². The molecule has 0 aromatic heterocycles. The van der Waals surface area contributed by atoms with E-state index in [0.717, 1.165) is 43.5 Å². The van der Waals surface area contributed by atoms with Gasteiger partial charge in [-0.25, -0.2) is 9.48 Å². The molecule has 1 N–H and O–H groups in total. The predicted octanol–water partition coefficient (Wildman–Crippen LogP) is 3.53. The molecule has 1 atom stereocenters. The number of anilines is 1. The summed E-state index contributed by atoms with van der Waals surface area (Å²) in [6, 6.07) is 14.4. The Labute approximate surface area is 166 Å². The van der Waals surface area contributed by atoms with E-state index < -0.39 is 5.72 Å². The SMILES string of the molecule is CCc1ccc(N2C[C@@](O)(c3ccc(OC)c(OC)c3)[N+]3=C2CCCC3)cc1. The number of methoxy groups -OCH3 is 2. The number of amidine groups is 1. The van der Waals surface area contributed by atoms with Crippen molar-refractivity contribution in [2.24, 2.45) is 0 Å². The molecule has 2 heterocycles. The molecule has 0 radical (unpaired) electrons. The molecule has 28 heavy (non-hydrogen) atoms. The Morgan fingerprint density at radius 2 is 1.79 bits per heavy atom. The third-order valence-corrected chi connectivity index (χ3v) is 5.98. The highest BCUT2D eigenvalue weighted by Crippen LogP contribution is 2.39. The number of aliphatic hydroxyl groups is 1. The molecule has 0 unspecified atom stereocenters. The quantitative estimate of drug-likeness (QED) is 0.805. The first kappa shape index (κ1) is 18.8. The monoisotopic (exact) mass is 381 g/mol. The molecule has 2 aromatic carbocycles. The second kappa shape index (κ2) is 7.47. The molecule has 5 nitrogen and oxygen atoms in total. The topological polar surface area (TPSA) is 44.9 Å². The Balaban J connectivity index is 1.76. The summed E-state index contributed by atoms with van der Waals surface area (Å²) in [4.78, 5) is 2.27. The van der Waals surface area contributed by atoms with E-state index in [9.17, 15) is 5.11 Å². The molecule has 0 saturated heterocycles. The third kappa shape index (κ3) is 3.04. The highest BCUT2D eigenvalue weighted by atomic mass is 16.5. The summed E-state index contributed by atoms with van der Waals surface area (Å²) in [5, 5.41) is 11.8. The van der Waals surface area contributed by atoms with Crippen LogP contribution in [0.3, 0.4) is 0 Å². The van der Waals surface area contributed by atoms with Crippen LogP contribution < -0.4 is 14.4 Å². The maximum Gasteiger partial charge on any atom is 0.271 e. The minimum absolute atomic E-state index is 0.503. The van der Waals surface area contributed by atoms with Gasteiger partial charge in [0.1, 0.15) is 5.69 Å². The smallest absolute Gasteiger partial charge is 0.271 e. The standard InChI is InChI=1S/C23H29N2O3/c1-4-17-8-11-19(12-9-17)24-16-23(26,25-14-6-5-7-22(24)25)18-10-13-20(27-2)21(15-18)28-3/h8-13,15,26H,4-7,14,16H2,1-3H3/q+1/t23-/m1/s1. The number of ether oxygens (including phenoxy) is 2. The van der Waals surface area contributed by atoms with Gasteiger partial charge in [0.05, 0.1) is 20.8 Å². The van der Waals surface area contributed by atoms with Gasteiger partial charge in [0, 0.05) is 12.0 Å². The van der Waals surface area contributed by atoms with Gasteiger partial charge in [0.25, 0.3) is 11.6 Å². The molecule has 2 aliphatic heterocycles. The lowest BCUT2D eigenvalue weighted by Gasteiger charge is -2.25. The van der Waals surface area contributed by atoms with Gasteiger partial charge in [-0.05, 0) is 55.2 Å². The van der Waals surface area contributed by atoms with Crippen molar-refractivity contribution in [1.82, 2.24) is 0 Å². The van der Waals surface area contributed by atoms with Gasteiger partial charge >= 0.3 is 0 Å². The largest absolute Gasteiger partial charge is 0.493 e. The average Bonchev–Trinajstić information content (AvgIpc) is 3.07. The maximum absolute atomic E-state index is 11.8. The number of nitrogens with zero attached hydrogens (tertiary/aromatic N) is 2. The van der Waals surface area contributed by atoms with Crippen LogP contribution in [0.2, 0.25) is 0 Å². The van der Waals surface area contributed by atoms with Crippen molar-refractivity contribution in [3.8, 4) is 11.5 Å². The van der Waals surface area contributed by atoms with Crippen LogP contribution in [-0.2, 0) is 12.1 Å². The van der Waals surface area contributed by atoms with Gasteiger partial charge in [-0.3, -0.25) is 0 Å². The van der Waals surface area contributed by atoms with E-state index in [-0.39, 0.29) is 0 Å². The fourth-order valence-electron chi connectivity index (χ4n) is 4.38. The highest BCUT2D eigenvalue weighted by molar-refractivity contribution is 5.96. The van der Waals surface area contributed by atoms with Gasteiger partial charge in [0.2, 0.25) is 0 Å². The van der Waals surface area contributed by atoms with Crippen LogP contribution in [0, 0.1) is 0 Å². The summed E-state index contributed by atoms with van der Waals surface area (Å²) >= 11 is 0. The zero-order valence-electron chi connectivity index (χ0n) is 16.9. The second-order valence-electron chi connectivity index (χ2n) is 7.52. The first-order valence-electron chi connectivity index (χ1n) is 10.1. The van der Waals surface area contributed by atoms with Crippen molar-refractivity contribution in [3.63, 3.8) is 0 Å². The van der Waals surface area contributed by atoms with Crippen LogP contribution in [0.15, 0.2) is 42.5 Å². The fraction of sp³-hybridized carbons (Fsp3) is 0.435. The molecule has 0 bridgehead atoms. The Kier molecular flexibility index (Phi) is 5.02. The Morgan fingerprint density at radius 1 is 1.04 bits per heavy atom. The maximum atomic E-state index is 11.8. The van der Waals surface area contributed by atoms with Crippen LogP contribution in [0.4, 0.5) is 5.69 Å². The van der Waals surface area contributed by atoms with Crippen LogP contribution in [0.5, 0.6) is 11.5 Å². The van der Waals surface area contributed by atoms with Gasteiger partial charge < -0.3 is 14.6 Å². The molecule has 2 aliphatic rings. The van der Waals surface area contributed by atoms with Crippen molar-refractivity contribution in [2.75, 3.05) is 32.2 Å². The molecule has 0 fully saturated rings. The van der Waals surface area contributed by atoms with Gasteiger partial charge in [-0.15, -0.1) is 0 Å². The van der Waals surface area contributed by atoms with Crippen LogP contribution in [-0.4, -0.2) is 42.8 Å². The molecule has 148 valence electrons. The minimum Gasteiger partial charge on any atom is -0.493 e. The molecule has 0 saturated carbocycles. The lowest BCUT2D eigenvalue weighted by Crippen LogP contribution is -2.41. The highest BCUT2D eigenvalue weighted by Gasteiger charge is 2.52. The van der Waals surface area contributed by atoms with Gasteiger partial charge in [-0.1, -0.05) is 19.1 Å². The van der Waals surface area contributed by atoms with Gasteiger partial charge in [0.15, 0.2) is 18.0 Å². The van der Waals surface area contributed by atoms with Gasteiger partial charge in [-0.2, -0.15) is 0 Å². The van der Waals surface area contributed by atoms with Crippen molar-refractivity contribution < 1.29 is 19.2 Å². The number of hydrogen-bond donors (Lipinski definition) is 1. The number of rotatable bonds is 5. The lowest BCUT2D eigenvalue weighted by molar-refractivity contribution is -0.661. The number of β-amino-alcohol motifs (C(OH)–C–C–N with tert-alkyl or cyclic N) is 1. The first-order chi connectivity index (χ1) is 13.6. The molecular formula is C23H29N2O3+. The zero-order chi connectivity index (χ0) is 19.7. The Morgan fingerprint density at radius 3 is 2.46 bits per heavy atom. The van der Waals surface area contributed by atoms with Crippen molar-refractivity contribution >= 4 is 11.5 Å². The zero-order valence-corrected chi connectivity index (χ0v) is 16.9. The molecule has 0 aliphatic carbocycles. The third-order valence-electron chi connectivity index (χ3n) is 5.98. The minimum atomic E-state index is -1.08. The van der Waals surface area contributed by atoms with E-state index in [1.54, 1.807) is 14.2 Å². The molecule has 0 spiro atoms. The van der Waals surface area contributed by atoms with Crippen LogP contribution >= 0.6 is 0 Å². The average molecular weight is 381 g/mol. The molecular weight excluding hydrogens is 352 g/mol. The second-order valence-corrected chi connectivity index (χ2v) is 7.52. The summed E-state index contributed by atoms with van der Waals surface area (Å²) in [6.07, 6.45) is 4.24. The van der Waals surface area contributed by atoms with E-state index in [1.165, 1.54) is 11.4 Å². The normalized spacial score (nSPS) is 21.6. The molecule has 0 amide bonds. The number of hydrogen-bond acceptors (Lipinski definition) is 4. The van der Waals surface area contributed by atoms with E-state index in [4.69, 9.17) is 9.47 Å². The van der Waals surface area contributed by atoms with Crippen LogP contribution in [0.1, 0.15) is 37.3 Å². The van der Waals surface area contributed by atoms with Crippen LogP contribution in [0.25, 0.3) is 0 Å². The van der Waals surface area contributed by atoms with Crippen molar-refractivity contribution in [1.29, 1.82) is 0 Å². The number of benzene rings is 2. The Hall–Kier alpha value is -2.53. The summed E-state index contributed by atoms with van der Waals surface area (Å²) in [5.41, 5.74) is 2.20. The molecule has 2 aromatic rings. The summed E-state index contributed by atoms with van der Waals surface area (Å²) in [5.74, 6) is 2.51. The van der Waals surface area contributed by atoms with Crippen molar-refractivity contribution in [2.45, 2.75) is 38.3 Å². The summed E-state index contributed by atoms with van der Waals surface area (Å²) in [6.45, 7) is 3.52. The predicted molar refractivity (Wildman–Crippen MR) is 111 cm³/mol. The van der Waals surface area contributed by atoms with E-state index in [1.807, 2.05) is 18.2 Å². The summed E-state index contributed by atoms with van der Waals surface area (Å²) < 4.78 is 13.0. The lowest BCUT2D eigenvalue weighted by atomic mass is 10.0. The van der Waals surface area contributed by atoms with E-state index in [2.05, 4.69) is 40.7 Å². The Bertz CT molecular complexity index is 891. The fourth-order valence-corrected chi connectivity index (χ4v) is 4.38. The molecule has 5 heteroatoms. The summed E-state index contributed by atoms with van der Waals surface area (Å²) in [7, 11) is 3.25. The van der Waals surface area contributed by atoms with E-state index in [0.29, 0.717) is 18.0 Å².